The molecule has 0 fully saturated rings. The van der Waals surface area contributed by atoms with Gasteiger partial charge in [0, 0.05) is 36.5 Å². The van der Waals surface area contributed by atoms with Crippen LogP contribution in [-0.4, -0.2) is 15.6 Å². The number of aromatic nitrogens is 2. The number of nitrogens with zero attached hydrogens (tertiary/aromatic N) is 2. The van der Waals surface area contributed by atoms with E-state index in [1.807, 2.05) is 61.1 Å². The Balaban J connectivity index is 1.74. The molecule has 3 aromatic rings. The van der Waals surface area contributed by atoms with Gasteiger partial charge < -0.3 is 15.2 Å². The van der Waals surface area contributed by atoms with Crippen LogP contribution in [0.2, 0.25) is 0 Å². The van der Waals surface area contributed by atoms with Gasteiger partial charge in [0.15, 0.2) is 0 Å². The van der Waals surface area contributed by atoms with Crippen molar-refractivity contribution in [3.8, 4) is 0 Å². The molecule has 2 amide bonds. The summed E-state index contributed by atoms with van der Waals surface area (Å²) in [5, 5.41) is 6.86. The number of hydrogen-bond acceptors (Lipinski definition) is 2. The Bertz CT molecular complexity index is 795. The van der Waals surface area contributed by atoms with E-state index in [1.54, 1.807) is 12.4 Å². The van der Waals surface area contributed by atoms with E-state index in [0.29, 0.717) is 0 Å². The molecule has 1 aromatic carbocycles. The van der Waals surface area contributed by atoms with Gasteiger partial charge in [0.25, 0.3) is 0 Å². The topological polar surface area (TPSA) is 59.0 Å². The minimum Gasteiger partial charge on any atom is -0.350 e. The fraction of sp³-hybridized carbons (Fsp3) is 0.176. The van der Waals surface area contributed by atoms with Crippen molar-refractivity contribution in [1.82, 2.24) is 14.9 Å². The van der Waals surface area contributed by atoms with Crippen LogP contribution in [0, 0.1) is 0 Å². The molecule has 2 heterocycles. The minimum atomic E-state index is -0.229. The Labute approximate surface area is 129 Å². The summed E-state index contributed by atoms with van der Waals surface area (Å²) >= 11 is 0. The molecule has 0 unspecified atom stereocenters. The molecular weight excluding hydrogens is 276 g/mol. The Hall–Kier alpha value is -2.82. The number of pyridine rings is 1. The zero-order valence-electron chi connectivity index (χ0n) is 12.6. The van der Waals surface area contributed by atoms with Crippen molar-refractivity contribution >= 4 is 22.6 Å². The van der Waals surface area contributed by atoms with Gasteiger partial charge in [-0.05, 0) is 36.8 Å². The highest BCUT2D eigenvalue weighted by atomic mass is 16.2. The Morgan fingerprint density at radius 3 is 2.86 bits per heavy atom. The minimum absolute atomic E-state index is 0.108. The molecule has 0 radical (unpaired) electrons. The smallest absolute Gasteiger partial charge is 0.319 e. The standard InChI is InChI=1S/C17H18N4O/c1-12(13-5-4-9-18-11-13)19-17(22)20-15-6-3-7-16-14(15)8-10-21(16)2/h3-12H,1-2H3,(H2,19,20,22)/t12-/m0/s1. The first-order valence-electron chi connectivity index (χ1n) is 7.16. The highest BCUT2D eigenvalue weighted by Crippen LogP contribution is 2.23. The number of carbonyl (C=O) groups is 1. The molecule has 0 saturated carbocycles. The van der Waals surface area contributed by atoms with Crippen LogP contribution in [0.5, 0.6) is 0 Å². The van der Waals surface area contributed by atoms with Crippen LogP contribution in [0.1, 0.15) is 18.5 Å². The van der Waals surface area contributed by atoms with Gasteiger partial charge in [-0.3, -0.25) is 4.98 Å². The van der Waals surface area contributed by atoms with Gasteiger partial charge in [-0.1, -0.05) is 12.1 Å². The van der Waals surface area contributed by atoms with Crippen molar-refractivity contribution in [3.63, 3.8) is 0 Å². The molecule has 1 atom stereocenters. The largest absolute Gasteiger partial charge is 0.350 e. The van der Waals surface area contributed by atoms with Crippen LogP contribution in [0.3, 0.4) is 0 Å². The Kier molecular flexibility index (Phi) is 3.78. The van der Waals surface area contributed by atoms with Gasteiger partial charge in [0.05, 0.1) is 11.7 Å². The van der Waals surface area contributed by atoms with E-state index in [1.165, 1.54) is 0 Å². The highest BCUT2D eigenvalue weighted by Gasteiger charge is 2.11. The molecule has 5 heteroatoms. The monoisotopic (exact) mass is 294 g/mol. The fourth-order valence-electron chi connectivity index (χ4n) is 2.48. The lowest BCUT2D eigenvalue weighted by atomic mass is 10.1. The number of benzene rings is 1. The molecule has 0 aliphatic carbocycles. The first-order valence-corrected chi connectivity index (χ1v) is 7.16. The molecule has 2 aromatic heterocycles. The van der Waals surface area contributed by atoms with Gasteiger partial charge in [-0.2, -0.15) is 0 Å². The summed E-state index contributed by atoms with van der Waals surface area (Å²) in [7, 11) is 1.98. The van der Waals surface area contributed by atoms with Gasteiger partial charge in [-0.25, -0.2) is 4.79 Å². The van der Waals surface area contributed by atoms with Crippen molar-refractivity contribution < 1.29 is 4.79 Å². The normalized spacial score (nSPS) is 12.1. The summed E-state index contributed by atoms with van der Waals surface area (Å²) in [6.07, 6.45) is 5.45. The number of hydrogen-bond donors (Lipinski definition) is 2. The number of carbonyl (C=O) groups excluding carboxylic acids is 1. The quantitative estimate of drug-likeness (QED) is 0.777. The lowest BCUT2D eigenvalue weighted by Crippen LogP contribution is -2.31. The highest BCUT2D eigenvalue weighted by molar-refractivity contribution is 6.00. The van der Waals surface area contributed by atoms with E-state index in [9.17, 15) is 4.79 Å². The van der Waals surface area contributed by atoms with Crippen molar-refractivity contribution in [2.75, 3.05) is 5.32 Å². The van der Waals surface area contributed by atoms with Gasteiger partial charge >= 0.3 is 6.03 Å². The predicted molar refractivity (Wildman–Crippen MR) is 87.7 cm³/mol. The lowest BCUT2D eigenvalue weighted by molar-refractivity contribution is 0.249. The van der Waals surface area contributed by atoms with E-state index >= 15 is 0 Å². The SMILES string of the molecule is C[C@H](NC(=O)Nc1cccc2c1ccn2C)c1cccnc1. The van der Waals surface area contributed by atoms with Crippen LogP contribution in [0.4, 0.5) is 10.5 Å². The van der Waals surface area contributed by atoms with E-state index < -0.39 is 0 Å². The Morgan fingerprint density at radius 1 is 1.23 bits per heavy atom. The van der Waals surface area contributed by atoms with E-state index in [-0.39, 0.29) is 12.1 Å². The summed E-state index contributed by atoms with van der Waals surface area (Å²) in [5.41, 5.74) is 2.85. The summed E-state index contributed by atoms with van der Waals surface area (Å²) in [6.45, 7) is 1.93. The number of amides is 2. The van der Waals surface area contributed by atoms with Crippen molar-refractivity contribution in [3.05, 3.63) is 60.6 Å². The summed E-state index contributed by atoms with van der Waals surface area (Å²) in [6, 6.07) is 11.3. The number of urea groups is 1. The molecule has 112 valence electrons. The third-order valence-corrected chi connectivity index (χ3v) is 3.71. The van der Waals surface area contributed by atoms with Crippen molar-refractivity contribution in [2.24, 2.45) is 7.05 Å². The third kappa shape index (κ3) is 2.79. The number of anilines is 1. The first kappa shape index (κ1) is 14.1. The van der Waals surface area contributed by atoms with E-state index in [0.717, 1.165) is 22.2 Å². The number of rotatable bonds is 3. The van der Waals surface area contributed by atoms with Crippen LogP contribution in [-0.2, 0) is 7.05 Å². The summed E-state index contributed by atoms with van der Waals surface area (Å²) in [4.78, 5) is 16.3. The van der Waals surface area contributed by atoms with Gasteiger partial charge in [-0.15, -0.1) is 0 Å². The third-order valence-electron chi connectivity index (χ3n) is 3.71. The maximum Gasteiger partial charge on any atom is 0.319 e. The second kappa shape index (κ2) is 5.89. The molecule has 0 aliphatic heterocycles. The number of fused-ring (bicyclic) bond motifs is 1. The second-order valence-electron chi connectivity index (χ2n) is 5.27. The molecule has 0 bridgehead atoms. The van der Waals surface area contributed by atoms with Gasteiger partial charge in [0.1, 0.15) is 0 Å². The number of nitrogens with one attached hydrogen (secondary N) is 2. The summed E-state index contributed by atoms with van der Waals surface area (Å²) in [5.74, 6) is 0. The molecular formula is C17H18N4O. The average Bonchev–Trinajstić information content (AvgIpc) is 2.91. The number of aryl methyl sites for hydroxylation is 1. The van der Waals surface area contributed by atoms with Crippen LogP contribution < -0.4 is 10.6 Å². The van der Waals surface area contributed by atoms with Crippen LogP contribution >= 0.6 is 0 Å². The molecule has 2 N–H and O–H groups in total. The van der Waals surface area contributed by atoms with E-state index in [2.05, 4.69) is 15.6 Å². The molecule has 3 rings (SSSR count). The molecule has 0 saturated heterocycles. The molecule has 0 aliphatic rings. The van der Waals surface area contributed by atoms with Crippen molar-refractivity contribution in [1.29, 1.82) is 0 Å². The maximum atomic E-state index is 12.2. The molecule has 0 spiro atoms. The van der Waals surface area contributed by atoms with Crippen LogP contribution in [0.15, 0.2) is 55.0 Å². The fourth-order valence-corrected chi connectivity index (χ4v) is 2.48. The lowest BCUT2D eigenvalue weighted by Gasteiger charge is -2.15. The average molecular weight is 294 g/mol. The van der Waals surface area contributed by atoms with Crippen molar-refractivity contribution in [2.45, 2.75) is 13.0 Å². The van der Waals surface area contributed by atoms with Crippen LogP contribution in [0.25, 0.3) is 10.9 Å². The van der Waals surface area contributed by atoms with E-state index in [4.69, 9.17) is 0 Å². The maximum absolute atomic E-state index is 12.2. The molecule has 22 heavy (non-hydrogen) atoms. The zero-order valence-corrected chi connectivity index (χ0v) is 12.6. The Morgan fingerprint density at radius 2 is 2.09 bits per heavy atom. The second-order valence-corrected chi connectivity index (χ2v) is 5.27. The molecule has 5 nitrogen and oxygen atoms in total. The van der Waals surface area contributed by atoms with Gasteiger partial charge in [0.2, 0.25) is 0 Å². The predicted octanol–water partition coefficient (Wildman–Crippen LogP) is 3.46. The first-order chi connectivity index (χ1) is 10.6. The summed E-state index contributed by atoms with van der Waals surface area (Å²) < 4.78 is 2.02. The zero-order chi connectivity index (χ0) is 15.5.